The molecule has 2 aromatic carbocycles. The molecule has 1 aliphatic heterocycles. The molecule has 29 heavy (non-hydrogen) atoms. The number of nitrogens with zero attached hydrogens (tertiary/aromatic N) is 1. The third kappa shape index (κ3) is 5.07. The van der Waals surface area contributed by atoms with Crippen molar-refractivity contribution in [3.05, 3.63) is 78.3 Å². The fraction of sp³-hybridized carbons (Fsp3) is 0.0952. The van der Waals surface area contributed by atoms with E-state index >= 15 is 0 Å². The zero-order valence-corrected chi connectivity index (χ0v) is 15.4. The zero-order chi connectivity index (χ0) is 20.8. The van der Waals surface area contributed by atoms with Gasteiger partial charge in [0.25, 0.3) is 11.8 Å². The molecule has 0 aromatic heterocycles. The van der Waals surface area contributed by atoms with Gasteiger partial charge in [-0.15, -0.1) is 6.58 Å². The molecule has 1 fully saturated rings. The SMILES string of the molecule is C=CCN1C(=O)N/C(=C/c2ccc(OCC(=O)Nc3ccc(F)cc3)cc2)C1=O. The topological polar surface area (TPSA) is 87.7 Å². The van der Waals surface area contributed by atoms with Gasteiger partial charge < -0.3 is 15.4 Å². The van der Waals surface area contributed by atoms with E-state index in [2.05, 4.69) is 17.2 Å². The number of imide groups is 1. The Kier molecular flexibility index (Phi) is 6.03. The number of amides is 4. The van der Waals surface area contributed by atoms with Gasteiger partial charge in [-0.1, -0.05) is 18.2 Å². The van der Waals surface area contributed by atoms with Gasteiger partial charge in [0, 0.05) is 12.2 Å². The number of carbonyl (C=O) groups is 3. The van der Waals surface area contributed by atoms with Crippen molar-refractivity contribution in [3.63, 3.8) is 0 Å². The molecule has 0 saturated carbocycles. The van der Waals surface area contributed by atoms with Crippen LogP contribution in [0.2, 0.25) is 0 Å². The van der Waals surface area contributed by atoms with Gasteiger partial charge in [-0.3, -0.25) is 14.5 Å². The van der Waals surface area contributed by atoms with E-state index < -0.39 is 11.9 Å². The highest BCUT2D eigenvalue weighted by Crippen LogP contribution is 2.17. The highest BCUT2D eigenvalue weighted by Gasteiger charge is 2.32. The summed E-state index contributed by atoms with van der Waals surface area (Å²) >= 11 is 0. The van der Waals surface area contributed by atoms with Gasteiger partial charge in [0.2, 0.25) is 0 Å². The molecule has 0 spiro atoms. The molecule has 1 aliphatic rings. The van der Waals surface area contributed by atoms with Crippen LogP contribution in [0, 0.1) is 5.82 Å². The van der Waals surface area contributed by atoms with Crippen LogP contribution in [-0.4, -0.2) is 35.9 Å². The van der Waals surface area contributed by atoms with Gasteiger partial charge >= 0.3 is 6.03 Å². The summed E-state index contributed by atoms with van der Waals surface area (Å²) in [6.45, 7) is 3.43. The monoisotopic (exact) mass is 395 g/mol. The molecule has 3 rings (SSSR count). The Hall–Kier alpha value is -3.94. The maximum atomic E-state index is 12.9. The molecule has 0 aliphatic carbocycles. The van der Waals surface area contributed by atoms with Crippen molar-refractivity contribution in [2.45, 2.75) is 0 Å². The minimum atomic E-state index is -0.492. The number of rotatable bonds is 7. The normalized spacial score (nSPS) is 14.7. The summed E-state index contributed by atoms with van der Waals surface area (Å²) in [4.78, 5) is 36.9. The first-order valence-corrected chi connectivity index (χ1v) is 8.70. The van der Waals surface area contributed by atoms with E-state index in [9.17, 15) is 18.8 Å². The second kappa shape index (κ2) is 8.83. The average molecular weight is 395 g/mol. The molecule has 0 unspecified atom stereocenters. The van der Waals surface area contributed by atoms with E-state index in [4.69, 9.17) is 4.74 Å². The van der Waals surface area contributed by atoms with Crippen molar-refractivity contribution in [2.24, 2.45) is 0 Å². The second-order valence-corrected chi connectivity index (χ2v) is 6.11. The second-order valence-electron chi connectivity index (χ2n) is 6.11. The lowest BCUT2D eigenvalue weighted by Gasteiger charge is -2.08. The number of ether oxygens (including phenoxy) is 1. The summed E-state index contributed by atoms with van der Waals surface area (Å²) in [5.41, 5.74) is 1.32. The molecule has 1 heterocycles. The summed E-state index contributed by atoms with van der Waals surface area (Å²) in [6, 6.07) is 11.6. The van der Waals surface area contributed by atoms with Crippen molar-refractivity contribution in [1.82, 2.24) is 10.2 Å². The summed E-state index contributed by atoms with van der Waals surface area (Å²) in [7, 11) is 0. The van der Waals surface area contributed by atoms with Crippen LogP contribution in [0.1, 0.15) is 5.56 Å². The fourth-order valence-electron chi connectivity index (χ4n) is 2.57. The Morgan fingerprint density at radius 1 is 1.14 bits per heavy atom. The van der Waals surface area contributed by atoms with Gasteiger partial charge in [-0.25, -0.2) is 9.18 Å². The van der Waals surface area contributed by atoms with Crippen LogP contribution < -0.4 is 15.4 Å². The first kappa shape index (κ1) is 19.8. The van der Waals surface area contributed by atoms with E-state index in [1.165, 1.54) is 30.3 Å². The number of carbonyl (C=O) groups excluding carboxylic acids is 3. The number of benzene rings is 2. The molecule has 7 nitrogen and oxygen atoms in total. The third-order valence-electron chi connectivity index (χ3n) is 3.96. The maximum absolute atomic E-state index is 12.9. The number of nitrogens with one attached hydrogen (secondary N) is 2. The summed E-state index contributed by atoms with van der Waals surface area (Å²) < 4.78 is 18.3. The maximum Gasteiger partial charge on any atom is 0.329 e. The Morgan fingerprint density at radius 3 is 2.48 bits per heavy atom. The number of urea groups is 1. The Labute approximate surface area is 166 Å². The van der Waals surface area contributed by atoms with Crippen LogP contribution in [0.5, 0.6) is 5.75 Å². The summed E-state index contributed by atoms with van der Waals surface area (Å²) in [5.74, 6) is -0.741. The molecule has 148 valence electrons. The minimum Gasteiger partial charge on any atom is -0.484 e. The molecule has 0 radical (unpaired) electrons. The molecule has 0 atom stereocenters. The Balaban J connectivity index is 1.55. The number of hydrogen-bond acceptors (Lipinski definition) is 4. The van der Waals surface area contributed by atoms with Gasteiger partial charge in [-0.2, -0.15) is 0 Å². The third-order valence-corrected chi connectivity index (χ3v) is 3.96. The predicted octanol–water partition coefficient (Wildman–Crippen LogP) is 2.92. The van der Waals surface area contributed by atoms with Crippen LogP contribution in [0.15, 0.2) is 66.9 Å². The van der Waals surface area contributed by atoms with Crippen LogP contribution in [0.4, 0.5) is 14.9 Å². The van der Waals surface area contributed by atoms with Crippen molar-refractivity contribution in [2.75, 3.05) is 18.5 Å². The standard InChI is InChI=1S/C21H18FN3O4/c1-2-11-25-20(27)18(24-21(25)28)12-14-3-9-17(10-4-14)29-13-19(26)23-16-7-5-15(22)6-8-16/h2-10,12H,1,11,13H2,(H,23,26)(H,24,28)/b18-12+. The predicted molar refractivity (Wildman–Crippen MR) is 105 cm³/mol. The highest BCUT2D eigenvalue weighted by atomic mass is 19.1. The molecule has 4 amide bonds. The van der Waals surface area contributed by atoms with Crippen molar-refractivity contribution in [1.29, 1.82) is 0 Å². The van der Waals surface area contributed by atoms with E-state index in [0.717, 1.165) is 4.90 Å². The van der Waals surface area contributed by atoms with E-state index in [0.29, 0.717) is 17.0 Å². The van der Waals surface area contributed by atoms with Gasteiger partial charge in [-0.05, 0) is 48.0 Å². The molecular formula is C21H18FN3O4. The van der Waals surface area contributed by atoms with Crippen LogP contribution in [0.3, 0.4) is 0 Å². The van der Waals surface area contributed by atoms with Gasteiger partial charge in [0.1, 0.15) is 17.3 Å². The minimum absolute atomic E-state index is 0.134. The molecular weight excluding hydrogens is 377 g/mol. The highest BCUT2D eigenvalue weighted by molar-refractivity contribution is 6.14. The first-order valence-electron chi connectivity index (χ1n) is 8.70. The van der Waals surface area contributed by atoms with Gasteiger partial charge in [0.05, 0.1) is 0 Å². The van der Waals surface area contributed by atoms with Crippen molar-refractivity contribution >= 4 is 29.6 Å². The fourth-order valence-corrected chi connectivity index (χ4v) is 2.57. The van der Waals surface area contributed by atoms with Crippen molar-refractivity contribution < 1.29 is 23.5 Å². The summed E-state index contributed by atoms with van der Waals surface area (Å²) in [5, 5.41) is 5.10. The quantitative estimate of drug-likeness (QED) is 0.429. The first-order chi connectivity index (χ1) is 14.0. The number of hydrogen-bond donors (Lipinski definition) is 2. The van der Waals surface area contributed by atoms with Crippen LogP contribution >= 0.6 is 0 Å². The van der Waals surface area contributed by atoms with Crippen LogP contribution in [-0.2, 0) is 9.59 Å². The molecule has 0 bridgehead atoms. The zero-order valence-electron chi connectivity index (χ0n) is 15.4. The Morgan fingerprint density at radius 2 is 1.83 bits per heavy atom. The number of halogens is 1. The molecule has 8 heteroatoms. The number of anilines is 1. The van der Waals surface area contributed by atoms with E-state index in [-0.39, 0.29) is 30.6 Å². The largest absolute Gasteiger partial charge is 0.484 e. The average Bonchev–Trinajstić information content (AvgIpc) is 2.97. The molecule has 2 N–H and O–H groups in total. The molecule has 1 saturated heterocycles. The lowest BCUT2D eigenvalue weighted by atomic mass is 10.2. The lowest BCUT2D eigenvalue weighted by molar-refractivity contribution is -0.122. The van der Waals surface area contributed by atoms with Gasteiger partial charge in [0.15, 0.2) is 6.61 Å². The van der Waals surface area contributed by atoms with E-state index in [1.54, 1.807) is 30.3 Å². The Bertz CT molecular complexity index is 968. The summed E-state index contributed by atoms with van der Waals surface area (Å²) in [6.07, 6.45) is 3.02. The smallest absolute Gasteiger partial charge is 0.329 e. The molecule has 2 aromatic rings. The van der Waals surface area contributed by atoms with Crippen molar-refractivity contribution in [3.8, 4) is 5.75 Å². The van der Waals surface area contributed by atoms with E-state index in [1.807, 2.05) is 0 Å². The van der Waals surface area contributed by atoms with Crippen LogP contribution in [0.25, 0.3) is 6.08 Å². The lowest BCUT2D eigenvalue weighted by Crippen LogP contribution is -2.30.